The van der Waals surface area contributed by atoms with Gasteiger partial charge in [0.15, 0.2) is 0 Å². The standard InChI is InChI=1S/C11H17FN2O/c1-3-15-7-11(14-13)9-5-4-8(2)6-10(9)12/h4-6,11,14H,3,7,13H2,1-2H3. The van der Waals surface area contributed by atoms with Crippen molar-refractivity contribution in [3.63, 3.8) is 0 Å². The first-order chi connectivity index (χ1) is 7.19. The van der Waals surface area contributed by atoms with Gasteiger partial charge in [0.05, 0.1) is 12.6 Å². The van der Waals surface area contributed by atoms with Crippen molar-refractivity contribution in [2.45, 2.75) is 19.9 Å². The third kappa shape index (κ3) is 3.27. The van der Waals surface area contributed by atoms with Crippen LogP contribution in [0, 0.1) is 12.7 Å². The van der Waals surface area contributed by atoms with Crippen LogP contribution in [0.4, 0.5) is 4.39 Å². The van der Waals surface area contributed by atoms with E-state index in [1.807, 2.05) is 19.9 Å². The van der Waals surface area contributed by atoms with Gasteiger partial charge in [-0.2, -0.15) is 0 Å². The van der Waals surface area contributed by atoms with E-state index < -0.39 is 0 Å². The van der Waals surface area contributed by atoms with Gasteiger partial charge in [0.1, 0.15) is 5.82 Å². The summed E-state index contributed by atoms with van der Waals surface area (Å²) < 4.78 is 18.8. The van der Waals surface area contributed by atoms with Gasteiger partial charge in [-0.1, -0.05) is 12.1 Å². The minimum Gasteiger partial charge on any atom is -0.380 e. The summed E-state index contributed by atoms with van der Waals surface area (Å²) in [5.41, 5.74) is 3.98. The van der Waals surface area contributed by atoms with Gasteiger partial charge in [-0.05, 0) is 25.5 Å². The number of nitrogens with two attached hydrogens (primary N) is 1. The lowest BCUT2D eigenvalue weighted by molar-refractivity contribution is 0.122. The van der Waals surface area contributed by atoms with Crippen LogP contribution in [0.1, 0.15) is 24.1 Å². The fourth-order valence-electron chi connectivity index (χ4n) is 1.38. The number of aryl methyl sites for hydroxylation is 1. The zero-order valence-corrected chi connectivity index (χ0v) is 9.09. The van der Waals surface area contributed by atoms with Crippen molar-refractivity contribution in [3.05, 3.63) is 35.1 Å². The molecule has 15 heavy (non-hydrogen) atoms. The van der Waals surface area contributed by atoms with E-state index in [1.165, 1.54) is 6.07 Å². The molecule has 0 amide bonds. The molecule has 0 aliphatic heterocycles. The zero-order valence-electron chi connectivity index (χ0n) is 9.09. The Morgan fingerprint density at radius 2 is 2.27 bits per heavy atom. The summed E-state index contributed by atoms with van der Waals surface area (Å²) in [6, 6.07) is 4.78. The molecule has 0 spiro atoms. The van der Waals surface area contributed by atoms with Crippen molar-refractivity contribution in [2.75, 3.05) is 13.2 Å². The van der Waals surface area contributed by atoms with Gasteiger partial charge >= 0.3 is 0 Å². The molecule has 1 rings (SSSR count). The van der Waals surface area contributed by atoms with Crippen LogP contribution < -0.4 is 11.3 Å². The lowest BCUT2D eigenvalue weighted by atomic mass is 10.1. The van der Waals surface area contributed by atoms with Crippen molar-refractivity contribution in [1.82, 2.24) is 5.43 Å². The number of rotatable bonds is 5. The highest BCUT2D eigenvalue weighted by molar-refractivity contribution is 5.26. The SMILES string of the molecule is CCOCC(NN)c1ccc(C)cc1F. The van der Waals surface area contributed by atoms with Gasteiger partial charge in [0.25, 0.3) is 0 Å². The van der Waals surface area contributed by atoms with Crippen LogP contribution in [0.3, 0.4) is 0 Å². The van der Waals surface area contributed by atoms with Crippen LogP contribution in [-0.4, -0.2) is 13.2 Å². The van der Waals surface area contributed by atoms with Gasteiger partial charge in [-0.15, -0.1) is 0 Å². The molecule has 0 aromatic heterocycles. The van der Waals surface area contributed by atoms with Crippen molar-refractivity contribution in [1.29, 1.82) is 0 Å². The minimum absolute atomic E-state index is 0.252. The van der Waals surface area contributed by atoms with Crippen molar-refractivity contribution >= 4 is 0 Å². The number of benzene rings is 1. The number of hydrazine groups is 1. The second-order valence-electron chi connectivity index (χ2n) is 3.40. The van der Waals surface area contributed by atoms with Crippen LogP contribution in [0.2, 0.25) is 0 Å². The maximum Gasteiger partial charge on any atom is 0.128 e. The molecule has 1 unspecified atom stereocenters. The van der Waals surface area contributed by atoms with E-state index >= 15 is 0 Å². The fraction of sp³-hybridized carbons (Fsp3) is 0.455. The van der Waals surface area contributed by atoms with Gasteiger partial charge in [0.2, 0.25) is 0 Å². The Kier molecular flexibility index (Phi) is 4.68. The molecule has 84 valence electrons. The molecular formula is C11H17FN2O. The highest BCUT2D eigenvalue weighted by atomic mass is 19.1. The van der Waals surface area contributed by atoms with E-state index in [0.29, 0.717) is 18.8 Å². The van der Waals surface area contributed by atoms with Crippen molar-refractivity contribution < 1.29 is 9.13 Å². The summed E-state index contributed by atoms with van der Waals surface area (Å²) in [4.78, 5) is 0. The summed E-state index contributed by atoms with van der Waals surface area (Å²) in [6.07, 6.45) is 0. The minimum atomic E-state index is -0.300. The second-order valence-corrected chi connectivity index (χ2v) is 3.40. The summed E-state index contributed by atoms with van der Waals surface area (Å²) in [7, 11) is 0. The van der Waals surface area contributed by atoms with E-state index in [1.54, 1.807) is 6.07 Å². The molecule has 0 saturated heterocycles. The van der Waals surface area contributed by atoms with Gasteiger partial charge < -0.3 is 4.74 Å². The number of ether oxygens (including phenoxy) is 1. The molecular weight excluding hydrogens is 195 g/mol. The monoisotopic (exact) mass is 212 g/mol. The van der Waals surface area contributed by atoms with Crippen molar-refractivity contribution in [2.24, 2.45) is 5.84 Å². The molecule has 1 atom stereocenters. The first-order valence-electron chi connectivity index (χ1n) is 4.99. The molecule has 0 saturated carbocycles. The average Bonchev–Trinajstić information content (AvgIpc) is 2.21. The third-order valence-corrected chi connectivity index (χ3v) is 2.22. The number of hydrogen-bond donors (Lipinski definition) is 2. The molecule has 0 aliphatic rings. The average molecular weight is 212 g/mol. The molecule has 1 aromatic carbocycles. The van der Waals surface area contributed by atoms with E-state index in [9.17, 15) is 4.39 Å². The number of halogens is 1. The molecule has 4 heteroatoms. The first kappa shape index (κ1) is 12.1. The van der Waals surface area contributed by atoms with Gasteiger partial charge in [0, 0.05) is 12.2 Å². The van der Waals surface area contributed by atoms with E-state index in [2.05, 4.69) is 5.43 Å². The first-order valence-corrected chi connectivity index (χ1v) is 4.99. The molecule has 1 aromatic rings. The summed E-state index contributed by atoms with van der Waals surface area (Å²) in [6.45, 7) is 4.69. The predicted molar refractivity (Wildman–Crippen MR) is 57.7 cm³/mol. The largest absolute Gasteiger partial charge is 0.380 e. The molecule has 0 heterocycles. The predicted octanol–water partition coefficient (Wildman–Crippen LogP) is 1.68. The van der Waals surface area contributed by atoms with Crippen LogP contribution >= 0.6 is 0 Å². The van der Waals surface area contributed by atoms with Gasteiger partial charge in [-0.3, -0.25) is 11.3 Å². The molecule has 3 nitrogen and oxygen atoms in total. The normalized spacial score (nSPS) is 12.8. The van der Waals surface area contributed by atoms with Crippen molar-refractivity contribution in [3.8, 4) is 0 Å². The molecule has 0 bridgehead atoms. The zero-order chi connectivity index (χ0) is 11.3. The summed E-state index contributed by atoms with van der Waals surface area (Å²) >= 11 is 0. The Morgan fingerprint density at radius 1 is 1.53 bits per heavy atom. The maximum absolute atomic E-state index is 13.6. The van der Waals surface area contributed by atoms with Crippen LogP contribution in [-0.2, 0) is 4.74 Å². The Labute approximate surface area is 89.4 Å². The second kappa shape index (κ2) is 5.80. The topological polar surface area (TPSA) is 47.3 Å². The van der Waals surface area contributed by atoms with E-state index in [0.717, 1.165) is 5.56 Å². The summed E-state index contributed by atoms with van der Waals surface area (Å²) in [5, 5.41) is 0. The van der Waals surface area contributed by atoms with Crippen LogP contribution in [0.15, 0.2) is 18.2 Å². The lowest BCUT2D eigenvalue weighted by Crippen LogP contribution is -2.32. The number of hydrogen-bond acceptors (Lipinski definition) is 3. The summed E-state index contributed by atoms with van der Waals surface area (Å²) in [5.74, 6) is 5.10. The van der Waals surface area contributed by atoms with E-state index in [4.69, 9.17) is 10.6 Å². The third-order valence-electron chi connectivity index (χ3n) is 2.22. The Hall–Kier alpha value is -0.970. The molecule has 3 N–H and O–H groups in total. The Morgan fingerprint density at radius 3 is 2.80 bits per heavy atom. The quantitative estimate of drug-likeness (QED) is 0.576. The van der Waals surface area contributed by atoms with Gasteiger partial charge in [-0.25, -0.2) is 4.39 Å². The number of nitrogens with one attached hydrogen (secondary N) is 1. The maximum atomic E-state index is 13.6. The van der Waals surface area contributed by atoms with Crippen LogP contribution in [0.5, 0.6) is 0 Å². The molecule has 0 fully saturated rings. The lowest BCUT2D eigenvalue weighted by Gasteiger charge is -2.16. The fourth-order valence-corrected chi connectivity index (χ4v) is 1.38. The Bertz CT molecular complexity index is 317. The molecule has 0 aliphatic carbocycles. The Balaban J connectivity index is 2.81. The van der Waals surface area contributed by atoms with E-state index in [-0.39, 0.29) is 11.9 Å². The smallest absolute Gasteiger partial charge is 0.128 e. The highest BCUT2D eigenvalue weighted by Crippen LogP contribution is 2.17. The van der Waals surface area contributed by atoms with Crippen LogP contribution in [0.25, 0.3) is 0 Å². The molecule has 0 radical (unpaired) electrons. The highest BCUT2D eigenvalue weighted by Gasteiger charge is 2.14.